The highest BCUT2D eigenvalue weighted by Gasteiger charge is 2.41. The Morgan fingerprint density at radius 3 is 1.81 bits per heavy atom. The Morgan fingerprint density at radius 2 is 1.25 bits per heavy atom. The minimum atomic E-state index is -1.09. The number of carbonyl (C=O) groups is 5. The van der Waals surface area contributed by atoms with Crippen LogP contribution in [-0.4, -0.2) is 77.6 Å². The van der Waals surface area contributed by atoms with Gasteiger partial charge in [-0.05, 0) is 72.9 Å². The molecular weight excluding hydrogens is 745 g/mol. The van der Waals surface area contributed by atoms with Crippen LogP contribution in [0.3, 0.4) is 0 Å². The third kappa shape index (κ3) is 10.8. The maximum Gasteiger partial charge on any atom is 0.407 e. The quantitative estimate of drug-likeness (QED) is 0.113. The fourth-order valence-corrected chi connectivity index (χ4v) is 7.95. The van der Waals surface area contributed by atoms with E-state index in [-0.39, 0.29) is 31.3 Å². The number of nitrogens with one attached hydrogen (secondary N) is 3. The van der Waals surface area contributed by atoms with Gasteiger partial charge < -0.3 is 30.3 Å². The van der Waals surface area contributed by atoms with Gasteiger partial charge in [-0.2, -0.15) is 0 Å². The van der Waals surface area contributed by atoms with Gasteiger partial charge in [0.1, 0.15) is 36.4 Å². The van der Waals surface area contributed by atoms with Crippen LogP contribution in [0.15, 0.2) is 109 Å². The van der Waals surface area contributed by atoms with Crippen molar-refractivity contribution in [2.45, 2.75) is 102 Å². The van der Waals surface area contributed by atoms with E-state index in [0.717, 1.165) is 33.4 Å². The molecule has 0 aromatic heterocycles. The van der Waals surface area contributed by atoms with Gasteiger partial charge in [0.15, 0.2) is 0 Å². The molecule has 0 bridgehead atoms. The molecule has 1 aliphatic heterocycles. The number of rotatable bonds is 15. The number of esters is 1. The van der Waals surface area contributed by atoms with Crippen LogP contribution in [0.5, 0.6) is 0 Å². The van der Waals surface area contributed by atoms with E-state index in [9.17, 15) is 24.0 Å². The van der Waals surface area contributed by atoms with Crippen molar-refractivity contribution in [3.63, 3.8) is 0 Å². The normalized spacial score (nSPS) is 16.8. The van der Waals surface area contributed by atoms with E-state index >= 15 is 0 Å². The summed E-state index contributed by atoms with van der Waals surface area (Å²) in [5.41, 5.74) is 5.22. The fraction of sp³-hybridized carbons (Fsp3) is 0.396. The zero-order chi connectivity index (χ0) is 42.1. The van der Waals surface area contributed by atoms with Gasteiger partial charge in [0, 0.05) is 25.3 Å². The third-order valence-corrected chi connectivity index (χ3v) is 11.1. The van der Waals surface area contributed by atoms with Gasteiger partial charge in [0.25, 0.3) is 0 Å². The first-order valence-electron chi connectivity index (χ1n) is 20.7. The molecule has 0 saturated carbocycles. The van der Waals surface area contributed by atoms with E-state index in [2.05, 4.69) is 28.1 Å². The standard InChI is InChI=1S/C48H56N4O7/c1-6-31(2)42(44(54)49-40(29-33-20-11-8-12-21-33)45(55)52-27-17-26-41(52)46(56)59-48(3,4)5)51-43(53)39(28-32-18-9-7-10-19-32)50-47(57)58-30-38-36-24-15-13-22-34(36)35-23-14-16-25-37(35)38/h7-16,18-25,31,38-42H,6,17,26-30H2,1-5H3,(H,49,54)(H,50,57)(H,51,53)/t31-,39-,40-,41-,42-/m0/s1. The number of likely N-dealkylation sites (tertiary alicyclic amines) is 1. The van der Waals surface area contributed by atoms with Crippen molar-refractivity contribution in [3.05, 3.63) is 131 Å². The highest BCUT2D eigenvalue weighted by atomic mass is 16.6. The van der Waals surface area contributed by atoms with Crippen molar-refractivity contribution >= 4 is 29.8 Å². The molecule has 1 heterocycles. The number of carbonyl (C=O) groups excluding carboxylic acids is 5. The van der Waals surface area contributed by atoms with E-state index in [1.807, 2.05) is 111 Å². The second-order valence-electron chi connectivity index (χ2n) is 16.6. The first-order valence-corrected chi connectivity index (χ1v) is 20.7. The number of benzene rings is 4. The van der Waals surface area contributed by atoms with Crippen LogP contribution in [0.4, 0.5) is 4.79 Å². The fourth-order valence-electron chi connectivity index (χ4n) is 7.95. The second kappa shape index (κ2) is 19.2. The maximum atomic E-state index is 14.4. The molecule has 4 aromatic rings. The third-order valence-electron chi connectivity index (χ3n) is 11.1. The van der Waals surface area contributed by atoms with E-state index in [1.54, 1.807) is 20.8 Å². The molecule has 11 heteroatoms. The van der Waals surface area contributed by atoms with Crippen LogP contribution in [0, 0.1) is 5.92 Å². The minimum absolute atomic E-state index is 0.0695. The lowest BCUT2D eigenvalue weighted by Crippen LogP contribution is -2.60. The molecule has 4 amide bonds. The topological polar surface area (TPSA) is 143 Å². The number of fused-ring (bicyclic) bond motifs is 3. The molecule has 3 N–H and O–H groups in total. The summed E-state index contributed by atoms with van der Waals surface area (Å²) in [6, 6.07) is 30.8. The van der Waals surface area contributed by atoms with Crippen molar-refractivity contribution in [2.75, 3.05) is 13.2 Å². The van der Waals surface area contributed by atoms with Crippen LogP contribution in [0.25, 0.3) is 11.1 Å². The molecule has 1 fully saturated rings. The van der Waals surface area contributed by atoms with E-state index in [0.29, 0.717) is 25.8 Å². The predicted octanol–water partition coefficient (Wildman–Crippen LogP) is 6.73. The molecule has 2 aliphatic rings. The number of nitrogens with zero attached hydrogens (tertiary/aromatic N) is 1. The lowest BCUT2D eigenvalue weighted by Gasteiger charge is -2.32. The summed E-state index contributed by atoms with van der Waals surface area (Å²) in [6.07, 6.45) is 1.16. The molecular formula is C48H56N4O7. The van der Waals surface area contributed by atoms with Crippen molar-refractivity contribution < 1.29 is 33.4 Å². The van der Waals surface area contributed by atoms with Gasteiger partial charge in [-0.3, -0.25) is 14.4 Å². The molecule has 0 unspecified atom stereocenters. The van der Waals surface area contributed by atoms with E-state index in [4.69, 9.17) is 9.47 Å². The van der Waals surface area contributed by atoms with Gasteiger partial charge in [0.2, 0.25) is 17.7 Å². The number of hydrogen-bond acceptors (Lipinski definition) is 7. The van der Waals surface area contributed by atoms with Crippen LogP contribution in [-0.2, 0) is 41.5 Å². The Labute approximate surface area is 347 Å². The van der Waals surface area contributed by atoms with E-state index in [1.165, 1.54) is 4.90 Å². The Morgan fingerprint density at radius 1 is 0.712 bits per heavy atom. The van der Waals surface area contributed by atoms with Gasteiger partial charge in [0.05, 0.1) is 0 Å². The predicted molar refractivity (Wildman–Crippen MR) is 226 cm³/mol. The number of amides is 4. The summed E-state index contributed by atoms with van der Waals surface area (Å²) in [5, 5.41) is 8.67. The first-order chi connectivity index (χ1) is 28.3. The zero-order valence-corrected chi connectivity index (χ0v) is 34.6. The Kier molecular flexibility index (Phi) is 13.9. The lowest BCUT2D eigenvalue weighted by atomic mass is 9.96. The van der Waals surface area contributed by atoms with Crippen LogP contribution >= 0.6 is 0 Å². The molecule has 4 aromatic carbocycles. The summed E-state index contributed by atoms with van der Waals surface area (Å²) in [6.45, 7) is 9.53. The largest absolute Gasteiger partial charge is 0.458 e. The van der Waals surface area contributed by atoms with Gasteiger partial charge in [-0.25, -0.2) is 9.59 Å². The van der Waals surface area contributed by atoms with Crippen LogP contribution < -0.4 is 16.0 Å². The van der Waals surface area contributed by atoms with Crippen molar-refractivity contribution in [2.24, 2.45) is 5.92 Å². The van der Waals surface area contributed by atoms with Crippen molar-refractivity contribution in [1.82, 2.24) is 20.9 Å². The SMILES string of the molecule is CC[C@H](C)[C@H](NC(=O)[C@H](Cc1ccccc1)NC(=O)OCC1c2ccccc2-c2ccccc21)C(=O)N[C@@H](Cc1ccccc1)C(=O)N1CCC[C@H]1C(=O)OC(C)(C)C. The zero-order valence-electron chi connectivity index (χ0n) is 34.6. The number of ether oxygens (including phenoxy) is 2. The molecule has 0 radical (unpaired) electrons. The highest BCUT2D eigenvalue weighted by Crippen LogP contribution is 2.44. The van der Waals surface area contributed by atoms with Crippen molar-refractivity contribution in [3.8, 4) is 11.1 Å². The Hall–Kier alpha value is -5.97. The van der Waals surface area contributed by atoms with Gasteiger partial charge >= 0.3 is 12.1 Å². The molecule has 0 spiro atoms. The summed E-state index contributed by atoms with van der Waals surface area (Å²) >= 11 is 0. The van der Waals surface area contributed by atoms with Crippen LogP contribution in [0.1, 0.15) is 82.1 Å². The molecule has 1 aliphatic carbocycles. The Balaban J connectivity index is 1.19. The molecule has 59 heavy (non-hydrogen) atoms. The van der Waals surface area contributed by atoms with Crippen LogP contribution in [0.2, 0.25) is 0 Å². The average Bonchev–Trinajstić information content (AvgIpc) is 3.85. The summed E-state index contributed by atoms with van der Waals surface area (Å²) in [5.74, 6) is -2.51. The smallest absolute Gasteiger partial charge is 0.407 e. The highest BCUT2D eigenvalue weighted by molar-refractivity contribution is 5.95. The van der Waals surface area contributed by atoms with Gasteiger partial charge in [-0.15, -0.1) is 0 Å². The molecule has 5 atom stereocenters. The summed E-state index contributed by atoms with van der Waals surface area (Å²) < 4.78 is 11.5. The first kappa shape index (κ1) is 42.6. The average molecular weight is 801 g/mol. The molecule has 310 valence electrons. The molecule has 6 rings (SSSR count). The maximum absolute atomic E-state index is 14.4. The molecule has 1 saturated heterocycles. The Bertz CT molecular complexity index is 2060. The summed E-state index contributed by atoms with van der Waals surface area (Å²) in [4.78, 5) is 71.2. The number of alkyl carbamates (subject to hydrolysis) is 1. The molecule has 11 nitrogen and oxygen atoms in total. The van der Waals surface area contributed by atoms with Crippen molar-refractivity contribution in [1.29, 1.82) is 0 Å². The second-order valence-corrected chi connectivity index (χ2v) is 16.6. The monoisotopic (exact) mass is 800 g/mol. The summed E-state index contributed by atoms with van der Waals surface area (Å²) in [7, 11) is 0. The van der Waals surface area contributed by atoms with E-state index < -0.39 is 59.6 Å². The lowest BCUT2D eigenvalue weighted by molar-refractivity contribution is -0.163. The van der Waals surface area contributed by atoms with Gasteiger partial charge in [-0.1, -0.05) is 129 Å². The minimum Gasteiger partial charge on any atom is -0.458 e. The number of hydrogen-bond donors (Lipinski definition) is 3.